The van der Waals surface area contributed by atoms with Crippen LogP contribution < -0.4 is 5.32 Å². The predicted molar refractivity (Wildman–Crippen MR) is 114 cm³/mol. The van der Waals surface area contributed by atoms with E-state index in [9.17, 15) is 4.79 Å². The minimum Gasteiger partial charge on any atom is -0.325 e. The van der Waals surface area contributed by atoms with Crippen LogP contribution in [0.4, 0.5) is 5.69 Å². The molecule has 0 saturated carbocycles. The lowest BCUT2D eigenvalue weighted by Gasteiger charge is -2.10. The van der Waals surface area contributed by atoms with Crippen LogP contribution in [0.3, 0.4) is 0 Å². The number of thioether (sulfide) groups is 1. The molecule has 0 fully saturated rings. The fourth-order valence-electron chi connectivity index (χ4n) is 2.80. The molecule has 142 valence electrons. The van der Waals surface area contributed by atoms with Gasteiger partial charge in [-0.25, -0.2) is 0 Å². The van der Waals surface area contributed by atoms with Crippen molar-refractivity contribution < 1.29 is 4.79 Å². The van der Waals surface area contributed by atoms with Crippen LogP contribution in [0.1, 0.15) is 28.5 Å². The van der Waals surface area contributed by atoms with E-state index in [0.717, 1.165) is 39.9 Å². The quantitative estimate of drug-likeness (QED) is 0.592. The van der Waals surface area contributed by atoms with Gasteiger partial charge in [-0.05, 0) is 57.4 Å². The van der Waals surface area contributed by atoms with Crippen molar-refractivity contribution in [3.05, 3.63) is 45.1 Å². The number of nitrogens with one attached hydrogen (secondary N) is 1. The first-order chi connectivity index (χ1) is 12.9. The monoisotopic (exact) mass is 400 g/mol. The first kappa shape index (κ1) is 19.6. The third-order valence-electron chi connectivity index (χ3n) is 4.56. The van der Waals surface area contributed by atoms with E-state index in [1.807, 2.05) is 32.0 Å². The standard InChI is InChI=1S/C20H24N4OS2/c1-6-24-19(16-10-26-15(5)14(16)4)22-23-20(24)27-11-18(25)21-17-9-12(2)7-8-13(17)3/h7-10H,6,11H2,1-5H3,(H,21,25). The average Bonchev–Trinajstić information content (AvgIpc) is 3.19. The summed E-state index contributed by atoms with van der Waals surface area (Å²) in [6.45, 7) is 11.1. The van der Waals surface area contributed by atoms with E-state index in [1.165, 1.54) is 22.2 Å². The summed E-state index contributed by atoms with van der Waals surface area (Å²) in [6.07, 6.45) is 0. The number of carbonyl (C=O) groups is 1. The fraction of sp³-hybridized carbons (Fsp3) is 0.350. The second kappa shape index (κ2) is 8.27. The summed E-state index contributed by atoms with van der Waals surface area (Å²) in [6, 6.07) is 6.05. The zero-order valence-electron chi connectivity index (χ0n) is 16.3. The smallest absolute Gasteiger partial charge is 0.234 e. The van der Waals surface area contributed by atoms with Crippen molar-refractivity contribution in [1.29, 1.82) is 0 Å². The van der Waals surface area contributed by atoms with Gasteiger partial charge in [0.1, 0.15) is 0 Å². The first-order valence-corrected chi connectivity index (χ1v) is 10.8. The second-order valence-corrected chi connectivity index (χ2v) is 8.56. The molecule has 0 radical (unpaired) electrons. The van der Waals surface area contributed by atoms with Crippen molar-refractivity contribution in [2.45, 2.75) is 46.3 Å². The molecule has 7 heteroatoms. The van der Waals surface area contributed by atoms with Gasteiger partial charge in [-0.15, -0.1) is 21.5 Å². The van der Waals surface area contributed by atoms with Crippen LogP contribution >= 0.6 is 23.1 Å². The highest BCUT2D eigenvalue weighted by atomic mass is 32.2. The Labute approximate surface area is 168 Å². The van der Waals surface area contributed by atoms with Gasteiger partial charge >= 0.3 is 0 Å². The lowest BCUT2D eigenvalue weighted by molar-refractivity contribution is -0.113. The van der Waals surface area contributed by atoms with Gasteiger partial charge < -0.3 is 9.88 Å². The summed E-state index contributed by atoms with van der Waals surface area (Å²) in [5.41, 5.74) is 5.41. The molecule has 27 heavy (non-hydrogen) atoms. The summed E-state index contributed by atoms with van der Waals surface area (Å²) < 4.78 is 2.07. The molecule has 0 aliphatic carbocycles. The third kappa shape index (κ3) is 4.25. The highest BCUT2D eigenvalue weighted by Crippen LogP contribution is 2.31. The Kier molecular flexibility index (Phi) is 6.01. The first-order valence-electron chi connectivity index (χ1n) is 8.88. The third-order valence-corrected chi connectivity index (χ3v) is 6.54. The minimum atomic E-state index is -0.0385. The Balaban J connectivity index is 1.72. The highest BCUT2D eigenvalue weighted by molar-refractivity contribution is 7.99. The molecule has 1 aromatic carbocycles. The molecule has 3 aromatic rings. The van der Waals surface area contributed by atoms with E-state index >= 15 is 0 Å². The van der Waals surface area contributed by atoms with Crippen molar-refractivity contribution in [3.8, 4) is 11.4 Å². The number of aryl methyl sites for hydroxylation is 3. The number of rotatable bonds is 6. The number of aromatic nitrogens is 3. The van der Waals surface area contributed by atoms with Crippen LogP contribution in [0.5, 0.6) is 0 Å². The normalized spacial score (nSPS) is 11.0. The summed E-state index contributed by atoms with van der Waals surface area (Å²) in [7, 11) is 0. The lowest BCUT2D eigenvalue weighted by Crippen LogP contribution is -2.15. The van der Waals surface area contributed by atoms with Gasteiger partial charge in [0.05, 0.1) is 5.75 Å². The van der Waals surface area contributed by atoms with E-state index in [-0.39, 0.29) is 5.91 Å². The maximum absolute atomic E-state index is 12.4. The van der Waals surface area contributed by atoms with Crippen molar-refractivity contribution in [3.63, 3.8) is 0 Å². The van der Waals surface area contributed by atoms with Gasteiger partial charge in [0.25, 0.3) is 0 Å². The lowest BCUT2D eigenvalue weighted by atomic mass is 10.1. The summed E-state index contributed by atoms with van der Waals surface area (Å²) in [5, 5.41) is 14.6. The Morgan fingerprint density at radius 1 is 1.22 bits per heavy atom. The highest BCUT2D eigenvalue weighted by Gasteiger charge is 2.17. The predicted octanol–water partition coefficient (Wildman–Crippen LogP) is 4.99. The Morgan fingerprint density at radius 2 is 2.00 bits per heavy atom. The molecular formula is C20H24N4OS2. The molecule has 0 spiro atoms. The van der Waals surface area contributed by atoms with Gasteiger partial charge in [0.15, 0.2) is 11.0 Å². The van der Waals surface area contributed by atoms with Crippen LogP contribution in [0.25, 0.3) is 11.4 Å². The molecule has 5 nitrogen and oxygen atoms in total. The van der Waals surface area contributed by atoms with Crippen molar-refractivity contribution >= 4 is 34.7 Å². The van der Waals surface area contributed by atoms with Crippen molar-refractivity contribution in [1.82, 2.24) is 14.8 Å². The minimum absolute atomic E-state index is 0.0385. The van der Waals surface area contributed by atoms with Gasteiger partial charge in [-0.1, -0.05) is 23.9 Å². The molecule has 0 atom stereocenters. The maximum atomic E-state index is 12.4. The van der Waals surface area contributed by atoms with Crippen LogP contribution in [-0.4, -0.2) is 26.4 Å². The number of amides is 1. The molecular weight excluding hydrogens is 376 g/mol. The van der Waals surface area contributed by atoms with Gasteiger partial charge in [-0.2, -0.15) is 0 Å². The van der Waals surface area contributed by atoms with E-state index < -0.39 is 0 Å². The number of carbonyl (C=O) groups excluding carboxylic acids is 1. The molecule has 0 bridgehead atoms. The van der Waals surface area contributed by atoms with Crippen LogP contribution in [0, 0.1) is 27.7 Å². The van der Waals surface area contributed by atoms with Crippen LogP contribution in [0.2, 0.25) is 0 Å². The SMILES string of the molecule is CCn1c(SCC(=O)Nc2cc(C)ccc2C)nnc1-c1csc(C)c1C. The van der Waals surface area contributed by atoms with E-state index in [0.29, 0.717) is 5.75 Å². The Morgan fingerprint density at radius 3 is 2.67 bits per heavy atom. The molecule has 0 unspecified atom stereocenters. The van der Waals surface area contributed by atoms with Crippen LogP contribution in [0.15, 0.2) is 28.7 Å². The number of nitrogens with zero attached hydrogens (tertiary/aromatic N) is 3. The summed E-state index contributed by atoms with van der Waals surface area (Å²) >= 11 is 3.14. The topological polar surface area (TPSA) is 59.8 Å². The van der Waals surface area contributed by atoms with E-state index in [4.69, 9.17) is 0 Å². The Hall–Kier alpha value is -2.12. The second-order valence-electron chi connectivity index (χ2n) is 6.54. The molecule has 0 saturated heterocycles. The number of hydrogen-bond donors (Lipinski definition) is 1. The number of anilines is 1. The maximum Gasteiger partial charge on any atom is 0.234 e. The molecule has 2 heterocycles. The molecule has 3 rings (SSSR count). The molecule has 1 amide bonds. The van der Waals surface area contributed by atoms with Crippen molar-refractivity contribution in [2.75, 3.05) is 11.1 Å². The largest absolute Gasteiger partial charge is 0.325 e. The molecule has 0 aliphatic heterocycles. The summed E-state index contributed by atoms with van der Waals surface area (Å²) in [4.78, 5) is 13.7. The average molecular weight is 401 g/mol. The number of hydrogen-bond acceptors (Lipinski definition) is 5. The fourth-order valence-corrected chi connectivity index (χ4v) is 4.47. The number of thiophene rings is 1. The van der Waals surface area contributed by atoms with Crippen LogP contribution in [-0.2, 0) is 11.3 Å². The van der Waals surface area contributed by atoms with Gasteiger partial charge in [-0.3, -0.25) is 4.79 Å². The molecule has 1 N–H and O–H groups in total. The summed E-state index contributed by atoms with van der Waals surface area (Å²) in [5.74, 6) is 1.13. The number of benzene rings is 1. The van der Waals surface area contributed by atoms with E-state index in [1.54, 1.807) is 11.3 Å². The van der Waals surface area contributed by atoms with Crippen molar-refractivity contribution in [2.24, 2.45) is 0 Å². The Bertz CT molecular complexity index is 975. The van der Waals surface area contributed by atoms with E-state index in [2.05, 4.69) is 46.2 Å². The zero-order valence-corrected chi connectivity index (χ0v) is 17.9. The molecule has 0 aliphatic rings. The molecule has 2 aromatic heterocycles. The zero-order chi connectivity index (χ0) is 19.6. The van der Waals surface area contributed by atoms with Gasteiger partial charge in [0, 0.05) is 28.1 Å². The van der Waals surface area contributed by atoms with Gasteiger partial charge in [0.2, 0.25) is 5.91 Å².